The number of hydrogen-bond donors (Lipinski definition) is 1. The topological polar surface area (TPSA) is 29.1 Å². The lowest BCUT2D eigenvalue weighted by Gasteiger charge is -2.59. The number of carbonyl (C=O) groups excluding carboxylic acids is 1. The van der Waals surface area contributed by atoms with E-state index in [1.54, 1.807) is 12.1 Å². The highest BCUT2D eigenvalue weighted by Gasteiger charge is 2.59. The third-order valence-electron chi connectivity index (χ3n) is 5.55. The molecule has 1 amide bonds. The molecule has 2 unspecified atom stereocenters. The Hall–Kier alpha value is -0.900. The van der Waals surface area contributed by atoms with E-state index >= 15 is 0 Å². The molecule has 4 aliphatic carbocycles. The van der Waals surface area contributed by atoms with Gasteiger partial charge in [-0.1, -0.05) is 22.0 Å². The summed E-state index contributed by atoms with van der Waals surface area (Å²) in [6.45, 7) is 0. The van der Waals surface area contributed by atoms with Crippen LogP contribution in [0.1, 0.15) is 38.5 Å². The summed E-state index contributed by atoms with van der Waals surface area (Å²) in [4.78, 5) is 12.9. The molecule has 5 rings (SSSR count). The van der Waals surface area contributed by atoms with Crippen molar-refractivity contribution in [1.29, 1.82) is 0 Å². The number of amides is 1. The first kappa shape index (κ1) is 13.7. The van der Waals surface area contributed by atoms with Crippen LogP contribution >= 0.6 is 15.9 Å². The molecule has 0 spiro atoms. The van der Waals surface area contributed by atoms with Gasteiger partial charge >= 0.3 is 0 Å². The molecule has 2 nitrogen and oxygen atoms in total. The number of nitrogens with one attached hydrogen (secondary N) is 1. The van der Waals surface area contributed by atoms with Crippen molar-refractivity contribution in [3.63, 3.8) is 0 Å². The van der Waals surface area contributed by atoms with Crippen molar-refractivity contribution in [2.75, 3.05) is 5.32 Å². The molecular weight excluding hydrogens is 333 g/mol. The number of hydrogen-bond acceptors (Lipinski definition) is 1. The zero-order chi connectivity index (χ0) is 14.7. The van der Waals surface area contributed by atoms with Crippen molar-refractivity contribution >= 4 is 27.5 Å². The van der Waals surface area contributed by atoms with E-state index in [0.29, 0.717) is 17.5 Å². The van der Waals surface area contributed by atoms with E-state index < -0.39 is 0 Å². The van der Waals surface area contributed by atoms with Gasteiger partial charge in [-0.05, 0) is 68.6 Å². The summed E-state index contributed by atoms with van der Waals surface area (Å²) in [6, 6.07) is 6.18. The predicted molar refractivity (Wildman–Crippen MR) is 83.8 cm³/mol. The normalized spacial score (nSPS) is 40.3. The smallest absolute Gasteiger partial charge is 0.230 e. The number of halogens is 2. The van der Waals surface area contributed by atoms with Crippen LogP contribution in [0.2, 0.25) is 0 Å². The maximum absolute atomic E-state index is 13.3. The molecule has 112 valence electrons. The van der Waals surface area contributed by atoms with Crippen LogP contribution in [-0.2, 0) is 4.79 Å². The van der Waals surface area contributed by atoms with Gasteiger partial charge in [0.2, 0.25) is 5.91 Å². The average molecular weight is 352 g/mol. The van der Waals surface area contributed by atoms with E-state index in [1.807, 2.05) is 0 Å². The fraction of sp³-hybridized carbons (Fsp3) is 0.588. The Morgan fingerprint density at radius 2 is 1.95 bits per heavy atom. The molecule has 21 heavy (non-hydrogen) atoms. The minimum Gasteiger partial charge on any atom is -0.326 e. The summed E-state index contributed by atoms with van der Waals surface area (Å²) in [5.74, 6) is 1.12. The number of benzene rings is 1. The second-order valence-electron chi connectivity index (χ2n) is 7.36. The molecule has 0 aliphatic heterocycles. The van der Waals surface area contributed by atoms with E-state index in [9.17, 15) is 9.18 Å². The zero-order valence-corrected chi connectivity index (χ0v) is 13.5. The Bertz CT molecular complexity index is 588. The maximum Gasteiger partial charge on any atom is 0.230 e. The third kappa shape index (κ3) is 2.32. The number of rotatable bonds is 2. The molecule has 4 heteroatoms. The Morgan fingerprint density at radius 1 is 1.24 bits per heavy atom. The van der Waals surface area contributed by atoms with E-state index in [2.05, 4.69) is 21.2 Å². The fourth-order valence-electron chi connectivity index (χ4n) is 5.25. The van der Waals surface area contributed by atoms with E-state index in [4.69, 9.17) is 0 Å². The predicted octanol–water partition coefficient (Wildman–Crippen LogP) is 4.50. The van der Waals surface area contributed by atoms with Crippen LogP contribution in [0.4, 0.5) is 10.1 Å². The molecule has 4 atom stereocenters. The summed E-state index contributed by atoms with van der Waals surface area (Å²) in [5, 5.41) is 2.96. The van der Waals surface area contributed by atoms with Gasteiger partial charge < -0.3 is 5.32 Å². The van der Waals surface area contributed by atoms with Gasteiger partial charge in [0.05, 0.1) is 5.41 Å². The summed E-state index contributed by atoms with van der Waals surface area (Å²) in [7, 11) is 0. The second kappa shape index (κ2) is 4.55. The summed E-state index contributed by atoms with van der Waals surface area (Å²) < 4.78 is 13.4. The molecule has 1 N–H and O–H groups in total. The largest absolute Gasteiger partial charge is 0.326 e. The highest BCUT2D eigenvalue weighted by atomic mass is 79.9. The van der Waals surface area contributed by atoms with Gasteiger partial charge in [-0.25, -0.2) is 4.39 Å². The van der Waals surface area contributed by atoms with Crippen LogP contribution in [0, 0.1) is 23.1 Å². The maximum atomic E-state index is 13.3. The van der Waals surface area contributed by atoms with Crippen molar-refractivity contribution in [1.82, 2.24) is 0 Å². The highest BCUT2D eigenvalue weighted by Crippen LogP contribution is 2.64. The fourth-order valence-corrected chi connectivity index (χ4v) is 6.70. The van der Waals surface area contributed by atoms with Crippen molar-refractivity contribution < 1.29 is 9.18 Å². The highest BCUT2D eigenvalue weighted by molar-refractivity contribution is 9.10. The van der Waals surface area contributed by atoms with Gasteiger partial charge in [0.15, 0.2) is 0 Å². The lowest BCUT2D eigenvalue weighted by molar-refractivity contribution is -0.138. The number of anilines is 1. The lowest BCUT2D eigenvalue weighted by Crippen LogP contribution is -2.57. The molecule has 0 heterocycles. The average Bonchev–Trinajstić information content (AvgIpc) is 2.35. The molecule has 0 radical (unpaired) electrons. The van der Waals surface area contributed by atoms with Crippen LogP contribution < -0.4 is 5.32 Å². The van der Waals surface area contributed by atoms with Crippen molar-refractivity contribution in [2.24, 2.45) is 17.3 Å². The quantitative estimate of drug-likeness (QED) is 0.781. The van der Waals surface area contributed by atoms with Crippen molar-refractivity contribution in [3.05, 3.63) is 30.1 Å². The Labute approximate surface area is 132 Å². The number of alkyl halides is 1. The minimum atomic E-state index is -0.310. The molecule has 1 aromatic rings. The van der Waals surface area contributed by atoms with Gasteiger partial charge in [0.25, 0.3) is 0 Å². The minimum absolute atomic E-state index is 0.0889. The zero-order valence-electron chi connectivity index (χ0n) is 11.9. The Morgan fingerprint density at radius 3 is 2.57 bits per heavy atom. The van der Waals surface area contributed by atoms with Gasteiger partial charge in [0.1, 0.15) is 5.82 Å². The Kier molecular flexibility index (Phi) is 2.97. The van der Waals surface area contributed by atoms with Crippen molar-refractivity contribution in [3.8, 4) is 0 Å². The molecule has 0 aromatic heterocycles. The van der Waals surface area contributed by atoms with Crippen LogP contribution in [-0.4, -0.2) is 10.2 Å². The molecule has 4 bridgehead atoms. The SMILES string of the molecule is O=C(Nc1cccc(F)c1)C12C[C@@H]3C[C@@H](CC(Br)(C3)C1)C2. The van der Waals surface area contributed by atoms with Crippen LogP contribution in [0.5, 0.6) is 0 Å². The molecular formula is C17H19BrFNO. The molecule has 4 fully saturated rings. The van der Waals surface area contributed by atoms with E-state index in [-0.39, 0.29) is 21.5 Å². The number of carbonyl (C=O) groups is 1. The first-order chi connectivity index (χ1) is 9.96. The third-order valence-corrected chi connectivity index (χ3v) is 6.48. The van der Waals surface area contributed by atoms with Crippen LogP contribution in [0.15, 0.2) is 24.3 Å². The van der Waals surface area contributed by atoms with E-state index in [1.165, 1.54) is 31.4 Å². The van der Waals surface area contributed by atoms with Crippen LogP contribution in [0.3, 0.4) is 0 Å². The molecule has 1 aromatic carbocycles. The van der Waals surface area contributed by atoms with Gasteiger partial charge in [-0.3, -0.25) is 4.79 Å². The standard InChI is InChI=1S/C17H19BrFNO/c18-17-8-11-4-12(9-17)7-16(6-11,10-17)15(21)20-14-3-1-2-13(19)5-14/h1-3,5,11-12H,4,6-10H2,(H,20,21)/t11-,12+,16?,17?. The first-order valence-corrected chi connectivity index (χ1v) is 8.52. The molecule has 0 saturated heterocycles. The summed E-state index contributed by atoms with van der Waals surface area (Å²) in [5.41, 5.74) is 0.319. The monoisotopic (exact) mass is 351 g/mol. The molecule has 4 saturated carbocycles. The van der Waals surface area contributed by atoms with Crippen molar-refractivity contribution in [2.45, 2.75) is 42.8 Å². The van der Waals surface area contributed by atoms with Gasteiger partial charge in [-0.2, -0.15) is 0 Å². The first-order valence-electron chi connectivity index (χ1n) is 7.72. The van der Waals surface area contributed by atoms with Gasteiger partial charge in [-0.15, -0.1) is 0 Å². The summed E-state index contributed by atoms with van der Waals surface area (Å²) in [6.07, 6.45) is 6.61. The lowest BCUT2D eigenvalue weighted by atomic mass is 9.49. The van der Waals surface area contributed by atoms with Gasteiger partial charge in [0, 0.05) is 10.0 Å². The second-order valence-corrected chi connectivity index (χ2v) is 9.04. The van der Waals surface area contributed by atoms with E-state index in [0.717, 1.165) is 19.3 Å². The molecule has 4 aliphatic rings. The Balaban J connectivity index is 1.59. The summed E-state index contributed by atoms with van der Waals surface area (Å²) >= 11 is 3.92. The van der Waals surface area contributed by atoms with Crippen LogP contribution in [0.25, 0.3) is 0 Å².